The van der Waals surface area contributed by atoms with Gasteiger partial charge in [-0.15, -0.1) is 0 Å². The lowest BCUT2D eigenvalue weighted by Gasteiger charge is -2.49. The molecule has 1 heterocycles. The zero-order chi connectivity index (χ0) is 15.4. The molecule has 3 rings (SSSR count). The highest BCUT2D eigenvalue weighted by Gasteiger charge is 2.45. The standard InChI is InChI=1S/C18H25NO3/c20-14-18(9-5-10-18)16-8-4-11-19(12-16)17(21)22-13-15-6-2-1-3-7-15/h1-3,6-7,16,20H,4-5,8-14H2. The summed E-state index contributed by atoms with van der Waals surface area (Å²) >= 11 is 0. The van der Waals surface area contributed by atoms with Crippen molar-refractivity contribution in [3.63, 3.8) is 0 Å². The molecule has 1 aliphatic carbocycles. The lowest BCUT2D eigenvalue weighted by Crippen LogP contribution is -2.50. The van der Waals surface area contributed by atoms with Crippen LogP contribution in [0.5, 0.6) is 0 Å². The van der Waals surface area contributed by atoms with E-state index in [0.29, 0.717) is 12.5 Å². The molecule has 22 heavy (non-hydrogen) atoms. The number of piperidine rings is 1. The summed E-state index contributed by atoms with van der Waals surface area (Å²) < 4.78 is 5.44. The van der Waals surface area contributed by atoms with E-state index in [2.05, 4.69) is 0 Å². The van der Waals surface area contributed by atoms with Gasteiger partial charge in [0.2, 0.25) is 0 Å². The number of benzene rings is 1. The Hall–Kier alpha value is -1.55. The van der Waals surface area contributed by atoms with Crippen molar-refractivity contribution in [3.05, 3.63) is 35.9 Å². The van der Waals surface area contributed by atoms with Gasteiger partial charge in [0.1, 0.15) is 6.61 Å². The van der Waals surface area contributed by atoms with Crippen LogP contribution in [0.15, 0.2) is 30.3 Å². The molecular weight excluding hydrogens is 278 g/mol. The van der Waals surface area contributed by atoms with Crippen LogP contribution in [0, 0.1) is 11.3 Å². The number of carbonyl (C=O) groups excluding carboxylic acids is 1. The minimum Gasteiger partial charge on any atom is -0.445 e. The topological polar surface area (TPSA) is 49.8 Å². The largest absolute Gasteiger partial charge is 0.445 e. The van der Waals surface area contributed by atoms with Gasteiger partial charge in [-0.2, -0.15) is 0 Å². The number of amides is 1. The molecule has 0 aromatic heterocycles. The highest BCUT2D eigenvalue weighted by atomic mass is 16.6. The summed E-state index contributed by atoms with van der Waals surface area (Å²) in [7, 11) is 0. The van der Waals surface area contributed by atoms with E-state index in [0.717, 1.165) is 44.3 Å². The highest BCUT2D eigenvalue weighted by Crippen LogP contribution is 2.49. The van der Waals surface area contributed by atoms with Gasteiger partial charge in [0.15, 0.2) is 0 Å². The molecular formula is C18H25NO3. The molecule has 1 saturated heterocycles. The van der Waals surface area contributed by atoms with E-state index in [1.54, 1.807) is 0 Å². The fourth-order valence-electron chi connectivity index (χ4n) is 3.78. The monoisotopic (exact) mass is 303 g/mol. The second-order valence-corrected chi connectivity index (χ2v) is 6.70. The van der Waals surface area contributed by atoms with Gasteiger partial charge in [-0.1, -0.05) is 36.8 Å². The Morgan fingerprint density at radius 2 is 2.05 bits per heavy atom. The molecule has 1 amide bonds. The van der Waals surface area contributed by atoms with Crippen LogP contribution in [-0.4, -0.2) is 35.8 Å². The maximum absolute atomic E-state index is 12.3. The lowest BCUT2D eigenvalue weighted by molar-refractivity contribution is -0.0426. The maximum Gasteiger partial charge on any atom is 0.410 e. The molecule has 1 N–H and O–H groups in total. The molecule has 1 aliphatic heterocycles. The van der Waals surface area contributed by atoms with Crippen molar-refractivity contribution in [1.29, 1.82) is 0 Å². The number of ether oxygens (including phenoxy) is 1. The van der Waals surface area contributed by atoms with Crippen LogP contribution >= 0.6 is 0 Å². The van der Waals surface area contributed by atoms with E-state index in [1.165, 1.54) is 6.42 Å². The van der Waals surface area contributed by atoms with Crippen LogP contribution in [0.3, 0.4) is 0 Å². The molecule has 1 saturated carbocycles. The molecule has 1 atom stereocenters. The van der Waals surface area contributed by atoms with Crippen molar-refractivity contribution in [1.82, 2.24) is 4.90 Å². The van der Waals surface area contributed by atoms with Gasteiger partial charge in [-0.3, -0.25) is 0 Å². The van der Waals surface area contributed by atoms with Crippen molar-refractivity contribution < 1.29 is 14.6 Å². The van der Waals surface area contributed by atoms with E-state index >= 15 is 0 Å². The Bertz CT molecular complexity index is 493. The summed E-state index contributed by atoms with van der Waals surface area (Å²) in [6, 6.07) is 9.76. The fraction of sp³-hybridized carbons (Fsp3) is 0.611. The smallest absolute Gasteiger partial charge is 0.410 e. The summed E-state index contributed by atoms with van der Waals surface area (Å²) in [6.45, 7) is 2.08. The summed E-state index contributed by atoms with van der Waals surface area (Å²) in [6.07, 6.45) is 5.30. The molecule has 4 heteroatoms. The average molecular weight is 303 g/mol. The highest BCUT2D eigenvalue weighted by molar-refractivity contribution is 5.67. The van der Waals surface area contributed by atoms with Crippen LogP contribution in [0.4, 0.5) is 4.79 Å². The first kappa shape index (κ1) is 15.3. The normalized spacial score (nSPS) is 23.7. The molecule has 1 aromatic carbocycles. The number of rotatable bonds is 4. The summed E-state index contributed by atoms with van der Waals surface area (Å²) in [5.41, 5.74) is 1.08. The molecule has 2 aliphatic rings. The predicted molar refractivity (Wildman–Crippen MR) is 84.3 cm³/mol. The summed E-state index contributed by atoms with van der Waals surface area (Å²) in [5, 5.41) is 9.73. The van der Waals surface area contributed by atoms with Crippen LogP contribution in [-0.2, 0) is 11.3 Å². The van der Waals surface area contributed by atoms with E-state index in [-0.39, 0.29) is 18.1 Å². The van der Waals surface area contributed by atoms with Crippen LogP contribution < -0.4 is 0 Å². The second-order valence-electron chi connectivity index (χ2n) is 6.70. The second kappa shape index (κ2) is 6.69. The Balaban J connectivity index is 1.54. The minimum atomic E-state index is -0.221. The van der Waals surface area contributed by atoms with Gasteiger partial charge >= 0.3 is 6.09 Å². The van der Waals surface area contributed by atoms with Gasteiger partial charge in [0, 0.05) is 19.7 Å². The zero-order valence-corrected chi connectivity index (χ0v) is 13.0. The summed E-state index contributed by atoms with van der Waals surface area (Å²) in [5.74, 6) is 0.421. The number of carbonyl (C=O) groups is 1. The third-order valence-corrected chi connectivity index (χ3v) is 5.41. The third-order valence-electron chi connectivity index (χ3n) is 5.41. The molecule has 1 aromatic rings. The molecule has 0 radical (unpaired) electrons. The lowest BCUT2D eigenvalue weighted by atomic mass is 9.59. The Labute approximate surface area is 132 Å². The number of aliphatic hydroxyl groups excluding tert-OH is 1. The Morgan fingerprint density at radius 3 is 2.68 bits per heavy atom. The fourth-order valence-corrected chi connectivity index (χ4v) is 3.78. The number of likely N-dealkylation sites (tertiary alicyclic amines) is 1. The van der Waals surface area contributed by atoms with Gasteiger partial charge < -0.3 is 14.7 Å². The predicted octanol–water partition coefficient (Wildman–Crippen LogP) is 3.20. The van der Waals surface area contributed by atoms with Gasteiger partial charge in [0.05, 0.1) is 0 Å². The zero-order valence-electron chi connectivity index (χ0n) is 13.0. The first-order valence-corrected chi connectivity index (χ1v) is 8.30. The van der Waals surface area contributed by atoms with E-state index in [4.69, 9.17) is 4.74 Å². The quantitative estimate of drug-likeness (QED) is 0.929. The van der Waals surface area contributed by atoms with Gasteiger partial charge in [-0.05, 0) is 42.6 Å². The number of hydrogen-bond donors (Lipinski definition) is 1. The maximum atomic E-state index is 12.3. The van der Waals surface area contributed by atoms with E-state index < -0.39 is 0 Å². The van der Waals surface area contributed by atoms with Crippen molar-refractivity contribution in [2.75, 3.05) is 19.7 Å². The molecule has 0 spiro atoms. The van der Waals surface area contributed by atoms with Crippen molar-refractivity contribution in [2.45, 2.75) is 38.7 Å². The Kier molecular flexibility index (Phi) is 4.67. The van der Waals surface area contributed by atoms with E-state index in [1.807, 2.05) is 35.2 Å². The molecule has 120 valence electrons. The molecule has 0 bridgehead atoms. The summed E-state index contributed by atoms with van der Waals surface area (Å²) in [4.78, 5) is 14.1. The first-order valence-electron chi connectivity index (χ1n) is 8.30. The molecule has 1 unspecified atom stereocenters. The van der Waals surface area contributed by atoms with Gasteiger partial charge in [0.25, 0.3) is 0 Å². The SMILES string of the molecule is O=C(OCc1ccccc1)N1CCCC(C2(CO)CCC2)C1. The number of hydrogen-bond acceptors (Lipinski definition) is 3. The first-order chi connectivity index (χ1) is 10.7. The number of nitrogens with zero attached hydrogens (tertiary/aromatic N) is 1. The van der Waals surface area contributed by atoms with Crippen molar-refractivity contribution in [3.8, 4) is 0 Å². The van der Waals surface area contributed by atoms with Crippen molar-refractivity contribution >= 4 is 6.09 Å². The third kappa shape index (κ3) is 3.12. The number of aliphatic hydroxyl groups is 1. The van der Waals surface area contributed by atoms with Crippen molar-refractivity contribution in [2.24, 2.45) is 11.3 Å². The minimum absolute atomic E-state index is 0.0678. The Morgan fingerprint density at radius 1 is 1.27 bits per heavy atom. The van der Waals surface area contributed by atoms with E-state index in [9.17, 15) is 9.90 Å². The average Bonchev–Trinajstić information content (AvgIpc) is 2.53. The van der Waals surface area contributed by atoms with Gasteiger partial charge in [-0.25, -0.2) is 4.79 Å². The molecule has 2 fully saturated rings. The van der Waals surface area contributed by atoms with Crippen LogP contribution in [0.25, 0.3) is 0 Å². The molecule has 4 nitrogen and oxygen atoms in total. The van der Waals surface area contributed by atoms with Crippen LogP contribution in [0.1, 0.15) is 37.7 Å². The van der Waals surface area contributed by atoms with Crippen LogP contribution in [0.2, 0.25) is 0 Å².